The van der Waals surface area contributed by atoms with Crippen LogP contribution < -0.4 is 9.04 Å². The van der Waals surface area contributed by atoms with Gasteiger partial charge in [-0.15, -0.1) is 0 Å². The molecule has 26 heavy (non-hydrogen) atoms. The molecule has 1 aliphatic carbocycles. The lowest BCUT2D eigenvalue weighted by molar-refractivity contribution is 0.0972. The molecule has 0 unspecified atom stereocenters. The maximum absolute atomic E-state index is 13.4. The number of benzene rings is 2. The Hall–Kier alpha value is -2.34. The number of carbonyl (C=O) groups excluding carboxylic acids is 1. The molecule has 0 amide bonds. The van der Waals surface area contributed by atoms with Gasteiger partial charge in [0.25, 0.3) is 10.0 Å². The summed E-state index contributed by atoms with van der Waals surface area (Å²) in [5.74, 6) is 0.583. The van der Waals surface area contributed by atoms with Crippen molar-refractivity contribution in [2.24, 2.45) is 0 Å². The number of ether oxygens (including phenoxy) is 1. The molecule has 0 fully saturated rings. The second kappa shape index (κ2) is 6.43. The van der Waals surface area contributed by atoms with Crippen LogP contribution in [-0.4, -0.2) is 27.9 Å². The molecule has 1 aliphatic heterocycles. The Morgan fingerprint density at radius 3 is 2.62 bits per heavy atom. The Morgan fingerprint density at radius 1 is 1.00 bits per heavy atom. The molecule has 2 aromatic rings. The lowest BCUT2D eigenvalue weighted by Crippen LogP contribution is -2.36. The third-order valence-corrected chi connectivity index (χ3v) is 6.97. The zero-order chi connectivity index (χ0) is 18.3. The highest BCUT2D eigenvalue weighted by Crippen LogP contribution is 2.39. The van der Waals surface area contributed by atoms with Gasteiger partial charge in [0, 0.05) is 18.5 Å². The highest BCUT2D eigenvalue weighted by atomic mass is 32.2. The molecule has 0 radical (unpaired) electrons. The van der Waals surface area contributed by atoms with Gasteiger partial charge in [-0.2, -0.15) is 0 Å². The van der Waals surface area contributed by atoms with Crippen LogP contribution >= 0.6 is 0 Å². The van der Waals surface area contributed by atoms with Gasteiger partial charge in [-0.1, -0.05) is 18.2 Å². The van der Waals surface area contributed by atoms with Crippen molar-refractivity contribution in [3.8, 4) is 5.75 Å². The number of nitrogens with zero attached hydrogens (tertiary/aromatic N) is 1. The Kier molecular flexibility index (Phi) is 4.23. The number of hydrogen-bond acceptors (Lipinski definition) is 4. The molecule has 0 saturated heterocycles. The standard InChI is InChI=1S/C20H21NO4S/c1-25-19-9-3-6-15-7-4-12-21(20(15)19)26(23,24)16-11-10-14-5-2-8-18(22)17(14)13-16/h3,6,9-11,13H,2,4-5,7-8,12H2,1H3. The third kappa shape index (κ3) is 2.69. The van der Waals surface area contributed by atoms with Crippen LogP contribution in [-0.2, 0) is 22.9 Å². The maximum Gasteiger partial charge on any atom is 0.264 e. The van der Waals surface area contributed by atoms with Gasteiger partial charge >= 0.3 is 0 Å². The molecule has 6 heteroatoms. The minimum atomic E-state index is -3.76. The van der Waals surface area contributed by atoms with Gasteiger partial charge in [-0.05, 0) is 55.0 Å². The lowest BCUT2D eigenvalue weighted by atomic mass is 9.91. The van der Waals surface area contributed by atoms with Crippen molar-refractivity contribution in [3.63, 3.8) is 0 Å². The molecule has 1 heterocycles. The summed E-state index contributed by atoms with van der Waals surface area (Å²) in [4.78, 5) is 12.4. The molecule has 2 aromatic carbocycles. The van der Waals surface area contributed by atoms with Gasteiger partial charge in [0.05, 0.1) is 17.7 Å². The SMILES string of the molecule is COc1cccc2c1N(S(=O)(=O)c1ccc3c(c1)C(=O)CCC3)CCC2. The summed E-state index contributed by atoms with van der Waals surface area (Å²) in [7, 11) is -2.22. The number of Topliss-reactive ketones (excluding diaryl/α,β-unsaturated/α-hetero) is 1. The van der Waals surface area contributed by atoms with Crippen molar-refractivity contribution >= 4 is 21.5 Å². The van der Waals surface area contributed by atoms with Crippen molar-refractivity contribution in [2.75, 3.05) is 18.0 Å². The molecule has 0 spiro atoms. The summed E-state index contributed by atoms with van der Waals surface area (Å²) in [6.45, 7) is 0.404. The molecule has 4 rings (SSSR count). The van der Waals surface area contributed by atoms with E-state index in [1.54, 1.807) is 31.4 Å². The molecule has 0 aromatic heterocycles. The first kappa shape index (κ1) is 17.1. The summed E-state index contributed by atoms with van der Waals surface area (Å²) in [5.41, 5.74) is 3.07. The predicted molar refractivity (Wildman–Crippen MR) is 99.6 cm³/mol. The molecular weight excluding hydrogens is 350 g/mol. The Labute approximate surface area is 153 Å². The molecule has 0 N–H and O–H groups in total. The highest BCUT2D eigenvalue weighted by molar-refractivity contribution is 7.92. The predicted octanol–water partition coefficient (Wildman–Crippen LogP) is 3.36. The fourth-order valence-electron chi connectivity index (χ4n) is 3.88. The van der Waals surface area contributed by atoms with Gasteiger partial charge in [0.2, 0.25) is 0 Å². The van der Waals surface area contributed by atoms with E-state index in [9.17, 15) is 13.2 Å². The smallest absolute Gasteiger partial charge is 0.264 e. The summed E-state index contributed by atoms with van der Waals surface area (Å²) in [6.07, 6.45) is 3.71. The van der Waals surface area contributed by atoms with E-state index in [1.165, 1.54) is 4.31 Å². The largest absolute Gasteiger partial charge is 0.495 e. The molecule has 2 aliphatic rings. The van der Waals surface area contributed by atoms with E-state index in [1.807, 2.05) is 12.1 Å². The van der Waals surface area contributed by atoms with E-state index < -0.39 is 10.0 Å². The summed E-state index contributed by atoms with van der Waals surface area (Å²) in [6, 6.07) is 10.6. The van der Waals surface area contributed by atoms with Gasteiger partial charge in [0.1, 0.15) is 5.75 Å². The van der Waals surface area contributed by atoms with Crippen LogP contribution in [0.4, 0.5) is 5.69 Å². The van der Waals surface area contributed by atoms with Crippen molar-refractivity contribution in [2.45, 2.75) is 37.0 Å². The van der Waals surface area contributed by atoms with Gasteiger partial charge in [-0.3, -0.25) is 9.10 Å². The van der Waals surface area contributed by atoms with Crippen LogP contribution in [0.1, 0.15) is 40.7 Å². The summed E-state index contributed by atoms with van der Waals surface area (Å²) < 4.78 is 33.6. The monoisotopic (exact) mass is 371 g/mol. The van der Waals surface area contributed by atoms with Crippen molar-refractivity contribution < 1.29 is 17.9 Å². The molecule has 0 bridgehead atoms. The normalized spacial score (nSPS) is 16.8. The summed E-state index contributed by atoms with van der Waals surface area (Å²) in [5, 5.41) is 0. The fraction of sp³-hybridized carbons (Fsp3) is 0.350. The molecule has 0 atom stereocenters. The number of para-hydroxylation sites is 1. The second-order valence-electron chi connectivity index (χ2n) is 6.74. The summed E-state index contributed by atoms with van der Waals surface area (Å²) >= 11 is 0. The van der Waals surface area contributed by atoms with E-state index in [0.717, 1.165) is 36.8 Å². The molecular formula is C20H21NO4S. The number of aryl methyl sites for hydroxylation is 2. The average molecular weight is 371 g/mol. The van der Waals surface area contributed by atoms with E-state index >= 15 is 0 Å². The van der Waals surface area contributed by atoms with Crippen LogP contribution in [0.2, 0.25) is 0 Å². The van der Waals surface area contributed by atoms with Crippen LogP contribution in [0.3, 0.4) is 0 Å². The zero-order valence-electron chi connectivity index (χ0n) is 14.7. The second-order valence-corrected chi connectivity index (χ2v) is 8.61. The van der Waals surface area contributed by atoms with Crippen LogP contribution in [0.5, 0.6) is 5.75 Å². The van der Waals surface area contributed by atoms with Gasteiger partial charge in [0.15, 0.2) is 5.78 Å². The van der Waals surface area contributed by atoms with Gasteiger partial charge in [-0.25, -0.2) is 8.42 Å². The first-order valence-corrected chi connectivity index (χ1v) is 10.3. The van der Waals surface area contributed by atoms with Crippen LogP contribution in [0.25, 0.3) is 0 Å². The van der Waals surface area contributed by atoms with Gasteiger partial charge < -0.3 is 4.74 Å². The molecule has 136 valence electrons. The number of carbonyl (C=O) groups is 1. The quantitative estimate of drug-likeness (QED) is 0.830. The number of hydrogen-bond donors (Lipinski definition) is 0. The number of fused-ring (bicyclic) bond motifs is 2. The van der Waals surface area contributed by atoms with Crippen LogP contribution in [0, 0.1) is 0 Å². The van der Waals surface area contributed by atoms with E-state index in [2.05, 4.69) is 0 Å². The number of ketones is 1. The lowest BCUT2D eigenvalue weighted by Gasteiger charge is -2.32. The molecule has 5 nitrogen and oxygen atoms in total. The van der Waals surface area contributed by atoms with Crippen molar-refractivity contribution in [3.05, 3.63) is 53.1 Å². The number of anilines is 1. The number of methoxy groups -OCH3 is 1. The maximum atomic E-state index is 13.4. The highest BCUT2D eigenvalue weighted by Gasteiger charge is 2.32. The van der Waals surface area contributed by atoms with E-state index in [4.69, 9.17) is 4.74 Å². The minimum Gasteiger partial charge on any atom is -0.495 e. The zero-order valence-corrected chi connectivity index (χ0v) is 15.5. The molecule has 0 saturated carbocycles. The van der Waals surface area contributed by atoms with Crippen molar-refractivity contribution in [1.29, 1.82) is 0 Å². The topological polar surface area (TPSA) is 63.7 Å². The van der Waals surface area contributed by atoms with E-state index in [-0.39, 0.29) is 10.7 Å². The minimum absolute atomic E-state index is 0.0277. The fourth-order valence-corrected chi connectivity index (χ4v) is 5.46. The number of sulfonamides is 1. The Morgan fingerprint density at radius 2 is 1.81 bits per heavy atom. The van der Waals surface area contributed by atoms with Crippen molar-refractivity contribution in [1.82, 2.24) is 0 Å². The Bertz CT molecular complexity index is 967. The van der Waals surface area contributed by atoms with Crippen LogP contribution in [0.15, 0.2) is 41.3 Å². The average Bonchev–Trinajstić information content (AvgIpc) is 2.67. The first-order valence-electron chi connectivity index (χ1n) is 8.87. The third-order valence-electron chi connectivity index (χ3n) is 5.18. The van der Waals surface area contributed by atoms with E-state index in [0.29, 0.717) is 30.0 Å². The first-order chi connectivity index (χ1) is 12.5. The Balaban J connectivity index is 1.82. The number of rotatable bonds is 3.